The number of amides is 1. The number of rotatable bonds is 5. The maximum absolute atomic E-state index is 11.7. The van der Waals surface area contributed by atoms with Gasteiger partial charge in [-0.3, -0.25) is 4.79 Å². The van der Waals surface area contributed by atoms with Gasteiger partial charge in [-0.2, -0.15) is 0 Å². The SMILES string of the molecule is Cc1nc(CNC(=O)COc2cc(C)c(Cl)c(C)c2)cs1. The second-order valence-corrected chi connectivity index (χ2v) is 6.23. The Balaban J connectivity index is 1.84. The molecule has 2 rings (SSSR count). The van der Waals surface area contributed by atoms with Crippen LogP contribution in [0.2, 0.25) is 5.02 Å². The van der Waals surface area contributed by atoms with E-state index in [0.717, 1.165) is 26.9 Å². The van der Waals surface area contributed by atoms with Crippen LogP contribution in [0.1, 0.15) is 21.8 Å². The summed E-state index contributed by atoms with van der Waals surface area (Å²) >= 11 is 7.66. The molecule has 1 amide bonds. The monoisotopic (exact) mass is 324 g/mol. The number of carbonyl (C=O) groups excluding carboxylic acids is 1. The van der Waals surface area contributed by atoms with Gasteiger partial charge in [-0.05, 0) is 44.0 Å². The smallest absolute Gasteiger partial charge is 0.258 e. The molecule has 0 saturated carbocycles. The highest BCUT2D eigenvalue weighted by molar-refractivity contribution is 7.09. The molecular formula is C15H17ClN2O2S. The third-order valence-electron chi connectivity index (χ3n) is 2.91. The van der Waals surface area contributed by atoms with Crippen molar-refractivity contribution in [3.05, 3.63) is 44.4 Å². The molecule has 0 atom stereocenters. The second kappa shape index (κ2) is 6.91. The fraction of sp³-hybridized carbons (Fsp3) is 0.333. The maximum atomic E-state index is 11.7. The molecule has 0 aliphatic heterocycles. The van der Waals surface area contributed by atoms with Crippen molar-refractivity contribution in [2.45, 2.75) is 27.3 Å². The molecule has 2 aromatic rings. The first-order valence-corrected chi connectivity index (χ1v) is 7.78. The molecule has 0 fully saturated rings. The molecule has 0 aliphatic rings. The zero-order valence-corrected chi connectivity index (χ0v) is 13.8. The van der Waals surface area contributed by atoms with Crippen LogP contribution in [-0.2, 0) is 11.3 Å². The summed E-state index contributed by atoms with van der Waals surface area (Å²) in [6.45, 7) is 6.15. The van der Waals surface area contributed by atoms with Gasteiger partial charge < -0.3 is 10.1 Å². The molecule has 0 radical (unpaired) electrons. The molecule has 1 aromatic heterocycles. The van der Waals surface area contributed by atoms with Crippen molar-refractivity contribution in [3.8, 4) is 5.75 Å². The van der Waals surface area contributed by atoms with Crippen LogP contribution in [0, 0.1) is 20.8 Å². The van der Waals surface area contributed by atoms with Gasteiger partial charge in [-0.15, -0.1) is 11.3 Å². The minimum Gasteiger partial charge on any atom is -0.484 e. The second-order valence-electron chi connectivity index (χ2n) is 4.79. The summed E-state index contributed by atoms with van der Waals surface area (Å²) in [4.78, 5) is 16.0. The number of ether oxygens (including phenoxy) is 1. The Morgan fingerprint density at radius 2 is 2.00 bits per heavy atom. The van der Waals surface area contributed by atoms with Crippen LogP contribution >= 0.6 is 22.9 Å². The highest BCUT2D eigenvalue weighted by Gasteiger charge is 2.07. The van der Waals surface area contributed by atoms with E-state index in [0.29, 0.717) is 12.3 Å². The molecule has 1 aromatic carbocycles. The van der Waals surface area contributed by atoms with Crippen molar-refractivity contribution in [1.82, 2.24) is 10.3 Å². The molecule has 4 nitrogen and oxygen atoms in total. The van der Waals surface area contributed by atoms with Crippen molar-refractivity contribution >= 4 is 28.8 Å². The van der Waals surface area contributed by atoms with Crippen LogP contribution in [-0.4, -0.2) is 17.5 Å². The Bertz CT molecular complexity index is 632. The van der Waals surface area contributed by atoms with Gasteiger partial charge in [0.05, 0.1) is 17.2 Å². The molecule has 0 unspecified atom stereocenters. The van der Waals surface area contributed by atoms with Crippen LogP contribution in [0.25, 0.3) is 0 Å². The summed E-state index contributed by atoms with van der Waals surface area (Å²) in [7, 11) is 0. The number of aromatic nitrogens is 1. The summed E-state index contributed by atoms with van der Waals surface area (Å²) < 4.78 is 5.49. The minimum absolute atomic E-state index is 0.0242. The Hall–Kier alpha value is -1.59. The van der Waals surface area contributed by atoms with Crippen molar-refractivity contribution in [2.75, 3.05) is 6.61 Å². The van der Waals surface area contributed by atoms with Crippen LogP contribution < -0.4 is 10.1 Å². The molecule has 0 saturated heterocycles. The average Bonchev–Trinajstić information content (AvgIpc) is 2.85. The first-order valence-electron chi connectivity index (χ1n) is 6.53. The van der Waals surface area contributed by atoms with Gasteiger partial charge in [-0.1, -0.05) is 11.6 Å². The fourth-order valence-corrected chi connectivity index (χ4v) is 2.59. The van der Waals surface area contributed by atoms with Crippen molar-refractivity contribution in [1.29, 1.82) is 0 Å². The first-order chi connectivity index (χ1) is 9.95. The van der Waals surface area contributed by atoms with Gasteiger partial charge in [0.1, 0.15) is 5.75 Å². The van der Waals surface area contributed by atoms with Crippen LogP contribution in [0.4, 0.5) is 0 Å². The number of hydrogen-bond acceptors (Lipinski definition) is 4. The van der Waals surface area contributed by atoms with E-state index in [2.05, 4.69) is 10.3 Å². The number of hydrogen-bond donors (Lipinski definition) is 1. The molecule has 1 heterocycles. The number of nitrogens with zero attached hydrogens (tertiary/aromatic N) is 1. The molecule has 21 heavy (non-hydrogen) atoms. The Kier molecular flexibility index (Phi) is 5.20. The number of thiazole rings is 1. The molecular weight excluding hydrogens is 308 g/mol. The van der Waals surface area contributed by atoms with Gasteiger partial charge in [0.15, 0.2) is 6.61 Å². The molecule has 1 N–H and O–H groups in total. The van der Waals surface area contributed by atoms with Crippen LogP contribution in [0.3, 0.4) is 0 Å². The van der Waals surface area contributed by atoms with E-state index >= 15 is 0 Å². The number of nitrogens with one attached hydrogen (secondary N) is 1. The number of carbonyl (C=O) groups is 1. The number of halogens is 1. The topological polar surface area (TPSA) is 51.2 Å². The zero-order chi connectivity index (χ0) is 15.4. The Morgan fingerprint density at radius 1 is 1.33 bits per heavy atom. The summed E-state index contributed by atoms with van der Waals surface area (Å²) in [5, 5.41) is 6.43. The van der Waals surface area contributed by atoms with E-state index < -0.39 is 0 Å². The van der Waals surface area contributed by atoms with Crippen molar-refractivity contribution in [3.63, 3.8) is 0 Å². The van der Waals surface area contributed by atoms with Gasteiger partial charge in [0.25, 0.3) is 5.91 Å². The van der Waals surface area contributed by atoms with E-state index in [-0.39, 0.29) is 12.5 Å². The summed E-state index contributed by atoms with van der Waals surface area (Å²) in [5.74, 6) is 0.472. The molecule has 0 spiro atoms. The van der Waals surface area contributed by atoms with E-state index in [9.17, 15) is 4.79 Å². The predicted molar refractivity (Wildman–Crippen MR) is 85.1 cm³/mol. The van der Waals surface area contributed by atoms with Crippen LogP contribution in [0.15, 0.2) is 17.5 Å². The van der Waals surface area contributed by atoms with Crippen LogP contribution in [0.5, 0.6) is 5.75 Å². The summed E-state index contributed by atoms with van der Waals surface area (Å²) in [6.07, 6.45) is 0. The van der Waals surface area contributed by atoms with E-state index in [1.165, 1.54) is 0 Å². The van der Waals surface area contributed by atoms with E-state index in [1.54, 1.807) is 11.3 Å². The lowest BCUT2D eigenvalue weighted by atomic mass is 10.1. The number of benzene rings is 1. The highest BCUT2D eigenvalue weighted by Crippen LogP contribution is 2.25. The minimum atomic E-state index is -0.175. The van der Waals surface area contributed by atoms with Crippen molar-refractivity contribution in [2.24, 2.45) is 0 Å². The molecule has 6 heteroatoms. The first kappa shape index (κ1) is 15.8. The number of aryl methyl sites for hydroxylation is 3. The lowest BCUT2D eigenvalue weighted by molar-refractivity contribution is -0.123. The quantitative estimate of drug-likeness (QED) is 0.917. The van der Waals surface area contributed by atoms with E-state index in [4.69, 9.17) is 16.3 Å². The van der Waals surface area contributed by atoms with Gasteiger partial charge >= 0.3 is 0 Å². The van der Waals surface area contributed by atoms with E-state index in [1.807, 2.05) is 38.3 Å². The lowest BCUT2D eigenvalue weighted by Crippen LogP contribution is -2.28. The van der Waals surface area contributed by atoms with Gasteiger partial charge in [-0.25, -0.2) is 4.98 Å². The average molecular weight is 325 g/mol. The Morgan fingerprint density at radius 3 is 2.57 bits per heavy atom. The van der Waals surface area contributed by atoms with Gasteiger partial charge in [0, 0.05) is 10.4 Å². The fourth-order valence-electron chi connectivity index (χ4n) is 1.87. The zero-order valence-electron chi connectivity index (χ0n) is 12.2. The third kappa shape index (κ3) is 4.44. The van der Waals surface area contributed by atoms with Gasteiger partial charge in [0.2, 0.25) is 0 Å². The molecule has 0 bridgehead atoms. The maximum Gasteiger partial charge on any atom is 0.258 e. The standard InChI is InChI=1S/C15H17ClN2O2S/c1-9-4-13(5-10(2)15(9)16)20-7-14(19)17-6-12-8-21-11(3)18-12/h4-5,8H,6-7H2,1-3H3,(H,17,19). The normalized spacial score (nSPS) is 10.5. The largest absolute Gasteiger partial charge is 0.484 e. The highest BCUT2D eigenvalue weighted by atomic mass is 35.5. The van der Waals surface area contributed by atoms with Crippen molar-refractivity contribution < 1.29 is 9.53 Å². The lowest BCUT2D eigenvalue weighted by Gasteiger charge is -2.10. The molecule has 0 aliphatic carbocycles. The predicted octanol–water partition coefficient (Wildman–Crippen LogP) is 3.42. The Labute approximate surface area is 133 Å². The summed E-state index contributed by atoms with van der Waals surface area (Å²) in [5.41, 5.74) is 2.74. The molecule has 112 valence electrons. The summed E-state index contributed by atoms with van der Waals surface area (Å²) in [6, 6.07) is 3.65. The third-order valence-corrected chi connectivity index (χ3v) is 4.33.